The molecule has 0 unspecified atom stereocenters. The Hall–Kier alpha value is -1.06. The van der Waals surface area contributed by atoms with E-state index in [1.807, 2.05) is 36.1 Å². The number of carbonyl (C=O) groups excluding carboxylic acids is 1. The van der Waals surface area contributed by atoms with Gasteiger partial charge >= 0.3 is 0 Å². The fourth-order valence-electron chi connectivity index (χ4n) is 3.10. The number of carbonyl (C=O) groups is 1. The third kappa shape index (κ3) is 4.45. The first-order valence-electron chi connectivity index (χ1n) is 7.87. The van der Waals surface area contributed by atoms with E-state index in [-0.39, 0.29) is 11.8 Å². The minimum absolute atomic E-state index is 0.173. The zero-order chi connectivity index (χ0) is 15.2. The van der Waals surface area contributed by atoms with E-state index in [1.165, 1.54) is 0 Å². The van der Waals surface area contributed by atoms with E-state index in [0.29, 0.717) is 12.5 Å². The van der Waals surface area contributed by atoms with Crippen LogP contribution in [0.25, 0.3) is 0 Å². The first-order valence-corrected chi connectivity index (χ1v) is 8.25. The molecule has 2 N–H and O–H groups in total. The van der Waals surface area contributed by atoms with Crippen molar-refractivity contribution in [3.05, 3.63) is 34.9 Å². The maximum absolute atomic E-state index is 12.7. The fourth-order valence-corrected chi connectivity index (χ4v) is 3.32. The second-order valence-corrected chi connectivity index (χ2v) is 6.37. The van der Waals surface area contributed by atoms with Crippen molar-refractivity contribution in [3.63, 3.8) is 0 Å². The van der Waals surface area contributed by atoms with E-state index in [4.69, 9.17) is 17.3 Å². The molecule has 1 fully saturated rings. The van der Waals surface area contributed by atoms with Crippen molar-refractivity contribution in [2.75, 3.05) is 13.1 Å². The van der Waals surface area contributed by atoms with Gasteiger partial charge in [-0.3, -0.25) is 4.79 Å². The van der Waals surface area contributed by atoms with Gasteiger partial charge in [-0.1, -0.05) is 23.7 Å². The van der Waals surface area contributed by atoms with Gasteiger partial charge in [0.25, 0.3) is 0 Å². The van der Waals surface area contributed by atoms with Crippen LogP contribution in [0, 0.1) is 11.8 Å². The van der Waals surface area contributed by atoms with E-state index in [1.54, 1.807) is 0 Å². The van der Waals surface area contributed by atoms with Gasteiger partial charge < -0.3 is 10.6 Å². The average molecular weight is 309 g/mol. The normalized spacial score (nSPS) is 22.0. The highest BCUT2D eigenvalue weighted by Crippen LogP contribution is 2.29. The zero-order valence-electron chi connectivity index (χ0n) is 12.7. The molecule has 0 spiro atoms. The third-order valence-electron chi connectivity index (χ3n) is 4.49. The quantitative estimate of drug-likeness (QED) is 0.905. The molecule has 1 aromatic carbocycles. The largest absolute Gasteiger partial charge is 0.338 e. The highest BCUT2D eigenvalue weighted by molar-refractivity contribution is 6.30. The number of hydrogen-bond donors (Lipinski definition) is 1. The molecule has 0 bridgehead atoms. The lowest BCUT2D eigenvalue weighted by Gasteiger charge is -2.31. The highest BCUT2D eigenvalue weighted by Gasteiger charge is 2.28. The molecular weight excluding hydrogens is 284 g/mol. The van der Waals surface area contributed by atoms with Crippen molar-refractivity contribution in [1.29, 1.82) is 0 Å². The molecule has 3 nitrogen and oxygen atoms in total. The molecule has 0 heterocycles. The monoisotopic (exact) mass is 308 g/mol. The number of nitrogens with zero attached hydrogens (tertiary/aromatic N) is 1. The van der Waals surface area contributed by atoms with Gasteiger partial charge in [0.05, 0.1) is 0 Å². The van der Waals surface area contributed by atoms with Crippen molar-refractivity contribution in [2.45, 2.75) is 39.2 Å². The number of halogens is 1. The van der Waals surface area contributed by atoms with E-state index in [2.05, 4.69) is 0 Å². The van der Waals surface area contributed by atoms with E-state index >= 15 is 0 Å². The van der Waals surface area contributed by atoms with Crippen molar-refractivity contribution in [1.82, 2.24) is 4.90 Å². The van der Waals surface area contributed by atoms with Gasteiger partial charge in [-0.25, -0.2) is 0 Å². The van der Waals surface area contributed by atoms with Crippen LogP contribution in [-0.2, 0) is 11.3 Å². The molecule has 116 valence electrons. The van der Waals surface area contributed by atoms with Crippen LogP contribution in [0.2, 0.25) is 5.02 Å². The summed E-state index contributed by atoms with van der Waals surface area (Å²) in [5.41, 5.74) is 6.81. The number of rotatable bonds is 5. The van der Waals surface area contributed by atoms with Crippen molar-refractivity contribution in [2.24, 2.45) is 17.6 Å². The van der Waals surface area contributed by atoms with Crippen molar-refractivity contribution in [3.8, 4) is 0 Å². The molecule has 1 amide bonds. The van der Waals surface area contributed by atoms with Crippen LogP contribution in [0.1, 0.15) is 38.2 Å². The first-order chi connectivity index (χ1) is 10.1. The maximum atomic E-state index is 12.7. The Labute approximate surface area is 132 Å². The molecule has 4 heteroatoms. The molecule has 1 aliphatic rings. The maximum Gasteiger partial charge on any atom is 0.225 e. The summed E-state index contributed by atoms with van der Waals surface area (Å²) >= 11 is 6.02. The summed E-state index contributed by atoms with van der Waals surface area (Å²) in [6.45, 7) is 4.17. The van der Waals surface area contributed by atoms with Gasteiger partial charge in [-0.05, 0) is 62.8 Å². The highest BCUT2D eigenvalue weighted by atomic mass is 35.5. The van der Waals surface area contributed by atoms with Crippen LogP contribution >= 0.6 is 11.6 Å². The summed E-state index contributed by atoms with van der Waals surface area (Å²) in [5.74, 6) is 1.07. The van der Waals surface area contributed by atoms with Crippen molar-refractivity contribution >= 4 is 17.5 Å². The molecule has 0 aromatic heterocycles. The minimum atomic E-state index is 0.173. The molecular formula is C17H25ClN2O. The van der Waals surface area contributed by atoms with Gasteiger partial charge in [0.15, 0.2) is 0 Å². The predicted octanol–water partition coefficient (Wildman–Crippen LogP) is 3.45. The van der Waals surface area contributed by atoms with Crippen LogP contribution in [0.15, 0.2) is 24.3 Å². The van der Waals surface area contributed by atoms with E-state index < -0.39 is 0 Å². The zero-order valence-corrected chi connectivity index (χ0v) is 13.5. The Morgan fingerprint density at radius 3 is 2.62 bits per heavy atom. The van der Waals surface area contributed by atoms with Gasteiger partial charge in [0.2, 0.25) is 5.91 Å². The van der Waals surface area contributed by atoms with Crippen LogP contribution in [0.4, 0.5) is 0 Å². The first kappa shape index (κ1) is 16.3. The summed E-state index contributed by atoms with van der Waals surface area (Å²) in [6.07, 6.45) is 4.13. The van der Waals surface area contributed by atoms with Gasteiger partial charge in [-0.15, -0.1) is 0 Å². The number of nitrogens with two attached hydrogens (primary N) is 1. The molecule has 1 saturated carbocycles. The molecule has 1 aromatic rings. The van der Waals surface area contributed by atoms with E-state index in [0.717, 1.165) is 49.4 Å². The Balaban J connectivity index is 1.96. The standard InChI is InChI=1S/C17H25ClN2O/c1-2-20(12-14-4-3-5-16(18)10-14)17(21)15-8-6-13(11-19)7-9-15/h3-5,10,13,15H,2,6-9,11-12,19H2,1H3. The molecule has 0 radical (unpaired) electrons. The second kappa shape index (κ2) is 7.81. The Morgan fingerprint density at radius 1 is 1.33 bits per heavy atom. The minimum Gasteiger partial charge on any atom is -0.338 e. The molecule has 0 saturated heterocycles. The van der Waals surface area contributed by atoms with Gasteiger partial charge in [-0.2, -0.15) is 0 Å². The molecule has 0 aliphatic heterocycles. The molecule has 0 atom stereocenters. The molecule has 1 aliphatic carbocycles. The van der Waals surface area contributed by atoms with Crippen LogP contribution in [0.5, 0.6) is 0 Å². The molecule has 2 rings (SSSR count). The average Bonchev–Trinajstić information content (AvgIpc) is 2.52. The summed E-state index contributed by atoms with van der Waals surface area (Å²) in [6, 6.07) is 7.75. The lowest BCUT2D eigenvalue weighted by Crippen LogP contribution is -2.37. The Morgan fingerprint density at radius 2 is 2.05 bits per heavy atom. The topological polar surface area (TPSA) is 46.3 Å². The lowest BCUT2D eigenvalue weighted by molar-refractivity contribution is -0.137. The Bertz CT molecular complexity index is 470. The summed E-state index contributed by atoms with van der Waals surface area (Å²) in [4.78, 5) is 14.6. The lowest BCUT2D eigenvalue weighted by atomic mass is 9.81. The van der Waals surface area contributed by atoms with Crippen LogP contribution < -0.4 is 5.73 Å². The van der Waals surface area contributed by atoms with Crippen LogP contribution in [0.3, 0.4) is 0 Å². The number of benzene rings is 1. The number of amides is 1. The predicted molar refractivity (Wildman–Crippen MR) is 87.0 cm³/mol. The molecule has 21 heavy (non-hydrogen) atoms. The third-order valence-corrected chi connectivity index (χ3v) is 4.72. The Kier molecular flexibility index (Phi) is 6.07. The smallest absolute Gasteiger partial charge is 0.225 e. The summed E-state index contributed by atoms with van der Waals surface area (Å²) in [5, 5.41) is 0.722. The van der Waals surface area contributed by atoms with Crippen molar-refractivity contribution < 1.29 is 4.79 Å². The van der Waals surface area contributed by atoms with Gasteiger partial charge in [0.1, 0.15) is 0 Å². The van der Waals surface area contributed by atoms with Gasteiger partial charge in [0, 0.05) is 24.0 Å². The second-order valence-electron chi connectivity index (χ2n) is 5.94. The van der Waals surface area contributed by atoms with E-state index in [9.17, 15) is 4.79 Å². The number of hydrogen-bond acceptors (Lipinski definition) is 2. The van der Waals surface area contributed by atoms with Crippen LogP contribution in [-0.4, -0.2) is 23.9 Å². The summed E-state index contributed by atoms with van der Waals surface area (Å²) < 4.78 is 0. The summed E-state index contributed by atoms with van der Waals surface area (Å²) in [7, 11) is 0. The fraction of sp³-hybridized carbons (Fsp3) is 0.588. The SMILES string of the molecule is CCN(Cc1cccc(Cl)c1)C(=O)C1CCC(CN)CC1.